The molecule has 8 nitrogen and oxygen atoms in total. The fourth-order valence-corrected chi connectivity index (χ4v) is 1.51. The molecule has 0 fully saturated rings. The number of amides is 1. The molecule has 0 saturated heterocycles. The normalized spacial score (nSPS) is 12.4. The Morgan fingerprint density at radius 1 is 1.12 bits per heavy atom. The van der Waals surface area contributed by atoms with Crippen molar-refractivity contribution in [2.24, 2.45) is 0 Å². The van der Waals surface area contributed by atoms with E-state index >= 15 is 0 Å². The molecule has 0 rings (SSSR count). The second-order valence-corrected chi connectivity index (χ2v) is 5.51. The van der Waals surface area contributed by atoms with E-state index in [4.69, 9.17) is 4.55 Å². The van der Waals surface area contributed by atoms with Gasteiger partial charge in [-0.05, 0) is 0 Å². The summed E-state index contributed by atoms with van der Waals surface area (Å²) in [6, 6.07) is 0. The highest BCUT2D eigenvalue weighted by Gasteiger charge is 2.65. The Bertz CT molecular complexity index is 592. The van der Waals surface area contributed by atoms with Crippen molar-refractivity contribution >= 4 is 22.2 Å². The van der Waals surface area contributed by atoms with Crippen LogP contribution >= 0.6 is 0 Å². The maximum Gasteiger partial charge on any atom is 0.431 e. The van der Waals surface area contributed by atoms with E-state index in [0.29, 0.717) is 0 Å². The Kier molecular flexibility index (Phi) is 7.56. The Morgan fingerprint density at radius 2 is 1.67 bits per heavy atom. The number of esters is 1. The van der Waals surface area contributed by atoms with Crippen molar-refractivity contribution in [1.29, 1.82) is 0 Å². The average molecular weight is 385 g/mol. The number of hydrogen-bond acceptors (Lipinski definition) is 6. The number of carbonyl (C=O) groups is 2. The molecule has 0 atom stereocenters. The van der Waals surface area contributed by atoms with E-state index in [1.54, 1.807) is 0 Å². The fourth-order valence-electron chi connectivity index (χ4n) is 1.03. The number of halogens is 5. The second kappa shape index (κ2) is 8.23. The van der Waals surface area contributed by atoms with E-state index in [2.05, 4.69) is 16.1 Å². The zero-order valence-corrected chi connectivity index (χ0v) is 12.5. The van der Waals surface area contributed by atoms with Gasteiger partial charge in [-0.25, -0.2) is 9.59 Å². The van der Waals surface area contributed by atoms with Crippen LogP contribution < -0.4 is 5.32 Å². The van der Waals surface area contributed by atoms with E-state index in [9.17, 15) is 40.0 Å². The molecule has 140 valence electrons. The highest BCUT2D eigenvalue weighted by molar-refractivity contribution is 7.87. The molecule has 0 saturated carbocycles. The van der Waals surface area contributed by atoms with Gasteiger partial charge in [-0.3, -0.25) is 4.55 Å². The molecule has 0 aliphatic carbocycles. The van der Waals surface area contributed by atoms with Gasteiger partial charge in [-0.1, -0.05) is 6.58 Å². The summed E-state index contributed by atoms with van der Waals surface area (Å²) >= 11 is 0. The summed E-state index contributed by atoms with van der Waals surface area (Å²) in [5.74, 6) is -7.98. The standard InChI is InChI=1S/C10H12F5NO7S/c1-6(11)7(17)22-5-3-16-8(18)23-4-2-9(12,13)10(14,15)24(19,20)21/h1-5H2,(H,16,18)(H,19,20,21). The fraction of sp³-hybridized carbons (Fsp3) is 0.600. The Labute approximate surface area is 132 Å². The van der Waals surface area contributed by atoms with Gasteiger partial charge in [0.15, 0.2) is 0 Å². The van der Waals surface area contributed by atoms with Gasteiger partial charge in [0.25, 0.3) is 0 Å². The van der Waals surface area contributed by atoms with E-state index in [1.165, 1.54) is 0 Å². The minimum absolute atomic E-state index is 0.421. The van der Waals surface area contributed by atoms with Crippen molar-refractivity contribution in [2.75, 3.05) is 19.8 Å². The molecule has 0 spiro atoms. The number of alkyl carbamates (subject to hydrolysis) is 1. The summed E-state index contributed by atoms with van der Waals surface area (Å²) in [6.07, 6.45) is -3.28. The van der Waals surface area contributed by atoms with E-state index < -0.39 is 65.4 Å². The van der Waals surface area contributed by atoms with Crippen LogP contribution in [0.4, 0.5) is 26.7 Å². The van der Waals surface area contributed by atoms with Gasteiger partial charge in [0.1, 0.15) is 6.61 Å². The minimum Gasteiger partial charge on any atom is -0.459 e. The van der Waals surface area contributed by atoms with E-state index in [0.717, 1.165) is 0 Å². The molecule has 1 amide bonds. The molecule has 0 aromatic carbocycles. The van der Waals surface area contributed by atoms with Gasteiger partial charge in [0, 0.05) is 0 Å². The lowest BCUT2D eigenvalue weighted by Crippen LogP contribution is -2.47. The summed E-state index contributed by atoms with van der Waals surface area (Å²) in [7, 11) is -6.37. The summed E-state index contributed by atoms with van der Waals surface area (Å²) < 4.78 is 101. The molecule has 14 heteroatoms. The third-order valence-electron chi connectivity index (χ3n) is 2.23. The van der Waals surface area contributed by atoms with Crippen LogP contribution in [0, 0.1) is 0 Å². The van der Waals surface area contributed by atoms with Gasteiger partial charge < -0.3 is 14.8 Å². The van der Waals surface area contributed by atoms with Crippen LogP contribution in [0.2, 0.25) is 0 Å². The van der Waals surface area contributed by atoms with Crippen LogP contribution in [0.3, 0.4) is 0 Å². The van der Waals surface area contributed by atoms with Crippen molar-refractivity contribution in [2.45, 2.75) is 17.6 Å². The number of rotatable bonds is 9. The summed E-state index contributed by atoms with van der Waals surface area (Å²) in [6.45, 7) is 0.368. The van der Waals surface area contributed by atoms with Crippen LogP contribution in [0.5, 0.6) is 0 Å². The zero-order chi connectivity index (χ0) is 19.2. The van der Waals surface area contributed by atoms with Crippen LogP contribution in [0.25, 0.3) is 0 Å². The van der Waals surface area contributed by atoms with Gasteiger partial charge in [0.2, 0.25) is 5.83 Å². The van der Waals surface area contributed by atoms with Crippen LogP contribution in [-0.2, 0) is 24.4 Å². The van der Waals surface area contributed by atoms with Crippen molar-refractivity contribution in [3.05, 3.63) is 12.4 Å². The predicted molar refractivity (Wildman–Crippen MR) is 66.6 cm³/mol. The molecule has 24 heavy (non-hydrogen) atoms. The van der Waals surface area contributed by atoms with Crippen molar-refractivity contribution in [3.63, 3.8) is 0 Å². The highest BCUT2D eigenvalue weighted by atomic mass is 32.2. The minimum atomic E-state index is -6.37. The van der Waals surface area contributed by atoms with Crippen molar-refractivity contribution < 1.29 is 54.0 Å². The average Bonchev–Trinajstić information content (AvgIpc) is 2.41. The Morgan fingerprint density at radius 3 is 2.12 bits per heavy atom. The number of ether oxygens (including phenoxy) is 2. The van der Waals surface area contributed by atoms with Crippen LogP contribution in [-0.4, -0.2) is 56.0 Å². The first kappa shape index (κ1) is 22.0. The monoisotopic (exact) mass is 385 g/mol. The maximum absolute atomic E-state index is 13.0. The quantitative estimate of drug-likeness (QED) is 0.202. The first-order valence-electron chi connectivity index (χ1n) is 5.87. The lowest BCUT2D eigenvalue weighted by molar-refractivity contribution is -0.168. The van der Waals surface area contributed by atoms with E-state index in [1.807, 2.05) is 5.32 Å². The number of carbonyl (C=O) groups excluding carboxylic acids is 2. The predicted octanol–water partition coefficient (Wildman–Crippen LogP) is 1.25. The topological polar surface area (TPSA) is 119 Å². The van der Waals surface area contributed by atoms with E-state index in [-0.39, 0.29) is 0 Å². The number of hydrogen-bond donors (Lipinski definition) is 2. The lowest BCUT2D eigenvalue weighted by Gasteiger charge is -2.23. The maximum atomic E-state index is 13.0. The van der Waals surface area contributed by atoms with Crippen molar-refractivity contribution in [1.82, 2.24) is 5.32 Å². The molecule has 0 aliphatic rings. The molecule has 0 unspecified atom stereocenters. The number of alkyl halides is 4. The third-order valence-corrected chi connectivity index (χ3v) is 3.17. The second-order valence-electron chi connectivity index (χ2n) is 4.05. The van der Waals surface area contributed by atoms with Crippen LogP contribution in [0.15, 0.2) is 12.4 Å². The van der Waals surface area contributed by atoms with Crippen LogP contribution in [0.1, 0.15) is 6.42 Å². The highest BCUT2D eigenvalue weighted by Crippen LogP contribution is 2.40. The molecule has 0 aliphatic heterocycles. The molecule has 0 heterocycles. The molecule has 0 aromatic rings. The largest absolute Gasteiger partial charge is 0.459 e. The third kappa shape index (κ3) is 6.27. The molecule has 0 radical (unpaired) electrons. The van der Waals surface area contributed by atoms with Gasteiger partial charge in [0.05, 0.1) is 19.6 Å². The summed E-state index contributed by atoms with van der Waals surface area (Å²) in [5, 5.41) is -3.92. The summed E-state index contributed by atoms with van der Waals surface area (Å²) in [5.41, 5.74) is 0. The lowest BCUT2D eigenvalue weighted by atomic mass is 10.2. The van der Waals surface area contributed by atoms with Crippen molar-refractivity contribution in [3.8, 4) is 0 Å². The van der Waals surface area contributed by atoms with Gasteiger partial charge in [-0.2, -0.15) is 30.4 Å². The zero-order valence-electron chi connectivity index (χ0n) is 11.7. The number of nitrogens with one attached hydrogen (secondary N) is 1. The summed E-state index contributed by atoms with van der Waals surface area (Å²) in [4.78, 5) is 21.6. The van der Waals surface area contributed by atoms with Gasteiger partial charge in [-0.15, -0.1) is 0 Å². The molecule has 2 N–H and O–H groups in total. The first-order chi connectivity index (χ1) is 10.7. The first-order valence-corrected chi connectivity index (χ1v) is 7.31. The Balaban J connectivity index is 4.21. The Hall–Kier alpha value is -1.96. The SMILES string of the molecule is C=C(F)C(=O)OCCNC(=O)OCCC(F)(F)C(F)(F)S(=O)(=O)O. The molecular formula is C10H12F5NO7S. The smallest absolute Gasteiger partial charge is 0.431 e. The molecule has 0 aromatic heterocycles. The molecular weight excluding hydrogens is 373 g/mol. The van der Waals surface area contributed by atoms with Gasteiger partial charge >= 0.3 is 33.4 Å². The molecule has 0 bridgehead atoms.